The van der Waals surface area contributed by atoms with Gasteiger partial charge in [-0.15, -0.1) is 0 Å². The van der Waals surface area contributed by atoms with Gasteiger partial charge in [-0.05, 0) is 49.2 Å². The Bertz CT molecular complexity index is 832. The van der Waals surface area contributed by atoms with E-state index in [4.69, 9.17) is 23.2 Å². The minimum Gasteiger partial charge on any atom is -0.299 e. The minimum absolute atomic E-state index is 0.533. The molecule has 1 heterocycles. The first kappa shape index (κ1) is 19.2. The Morgan fingerprint density at radius 1 is 1.00 bits per heavy atom. The Balaban J connectivity index is 0.000000196. The van der Waals surface area contributed by atoms with Crippen LogP contribution in [-0.2, 0) is 4.79 Å². The van der Waals surface area contributed by atoms with E-state index in [1.165, 1.54) is 18.3 Å². The summed E-state index contributed by atoms with van der Waals surface area (Å²) in [6.07, 6.45) is 2.20. The zero-order valence-electron chi connectivity index (χ0n) is 13.3. The van der Waals surface area contributed by atoms with Gasteiger partial charge in [-0.25, -0.2) is 9.97 Å². The molecule has 2 aromatic carbocycles. The van der Waals surface area contributed by atoms with Crippen LogP contribution in [0.25, 0.3) is 11.3 Å². The predicted molar refractivity (Wildman–Crippen MR) is 104 cm³/mol. The highest BCUT2D eigenvalue weighted by molar-refractivity contribution is 7.97. The van der Waals surface area contributed by atoms with Crippen molar-refractivity contribution in [2.45, 2.75) is 11.8 Å². The maximum Gasteiger partial charge on any atom is 0.217 e. The van der Waals surface area contributed by atoms with E-state index in [1.807, 2.05) is 49.4 Å². The highest BCUT2D eigenvalue weighted by atomic mass is 35.5. The van der Waals surface area contributed by atoms with E-state index in [0.29, 0.717) is 16.5 Å². The van der Waals surface area contributed by atoms with Crippen LogP contribution in [-0.4, -0.2) is 16.4 Å². The average molecular weight is 392 g/mol. The fourth-order valence-electron chi connectivity index (χ4n) is 1.85. The molecule has 3 aromatic rings. The molecule has 0 bridgehead atoms. The van der Waals surface area contributed by atoms with Crippen molar-refractivity contribution in [3.8, 4) is 11.3 Å². The number of hydrogen-bond acceptors (Lipinski definition) is 4. The molecule has 0 fully saturated rings. The number of aryl methyl sites for hydroxylation is 1. The number of carbonyl (C=O) groups excluding carboxylic acids is 1. The van der Waals surface area contributed by atoms with E-state index >= 15 is 0 Å². The largest absolute Gasteiger partial charge is 0.299 e. The zero-order chi connectivity index (χ0) is 18.1. The molecule has 0 aliphatic heterocycles. The molecule has 1 amide bonds. The molecular formula is C18H15Cl2N3OS. The molecule has 0 aliphatic carbocycles. The van der Waals surface area contributed by atoms with Gasteiger partial charge < -0.3 is 0 Å². The lowest BCUT2D eigenvalue weighted by molar-refractivity contribution is -0.107. The fourth-order valence-corrected chi connectivity index (χ4v) is 2.62. The Hall–Kier alpha value is -2.08. The Morgan fingerprint density at radius 3 is 2.40 bits per heavy atom. The van der Waals surface area contributed by atoms with Gasteiger partial charge in [-0.3, -0.25) is 9.52 Å². The molecule has 0 saturated heterocycles. The second-order valence-electron chi connectivity index (χ2n) is 4.82. The number of halogens is 2. The summed E-state index contributed by atoms with van der Waals surface area (Å²) in [6.45, 7) is 1.92. The zero-order valence-corrected chi connectivity index (χ0v) is 15.6. The van der Waals surface area contributed by atoms with Crippen LogP contribution in [0.5, 0.6) is 0 Å². The third-order valence-corrected chi connectivity index (χ3v) is 4.45. The minimum atomic E-state index is 0.533. The molecule has 0 aliphatic rings. The van der Waals surface area contributed by atoms with Crippen molar-refractivity contribution in [3.63, 3.8) is 0 Å². The van der Waals surface area contributed by atoms with Gasteiger partial charge in [0.2, 0.25) is 6.41 Å². The summed E-state index contributed by atoms with van der Waals surface area (Å²) in [5.74, 6) is 0. The van der Waals surface area contributed by atoms with E-state index in [2.05, 4.69) is 14.7 Å². The predicted octanol–water partition coefficient (Wildman–Crippen LogP) is 5.20. The number of nitrogens with one attached hydrogen (secondary N) is 1. The molecule has 0 saturated carbocycles. The van der Waals surface area contributed by atoms with Crippen molar-refractivity contribution in [2.75, 3.05) is 0 Å². The molecule has 0 radical (unpaired) electrons. The molecule has 128 valence electrons. The van der Waals surface area contributed by atoms with Gasteiger partial charge in [0.15, 0.2) is 0 Å². The van der Waals surface area contributed by atoms with Crippen LogP contribution in [0.15, 0.2) is 65.8 Å². The number of aromatic nitrogens is 2. The van der Waals surface area contributed by atoms with Crippen LogP contribution in [0.3, 0.4) is 0 Å². The van der Waals surface area contributed by atoms with Crippen LogP contribution in [0.1, 0.15) is 5.69 Å². The first-order valence-electron chi connectivity index (χ1n) is 7.25. The SMILES string of the molecule is Cc1cc(-c2ccc(Cl)c(Cl)c2)ncn1.O=CNSc1ccccc1. The third-order valence-electron chi connectivity index (χ3n) is 2.99. The Morgan fingerprint density at radius 2 is 1.76 bits per heavy atom. The molecule has 7 heteroatoms. The van der Waals surface area contributed by atoms with Crippen molar-refractivity contribution in [2.24, 2.45) is 0 Å². The summed E-state index contributed by atoms with van der Waals surface area (Å²) in [5.41, 5.74) is 2.71. The van der Waals surface area contributed by atoms with Gasteiger partial charge in [0.25, 0.3) is 0 Å². The Kier molecular flexibility index (Phi) is 7.73. The molecule has 0 atom stereocenters. The van der Waals surface area contributed by atoms with E-state index in [9.17, 15) is 4.79 Å². The number of rotatable bonds is 4. The smallest absolute Gasteiger partial charge is 0.217 e. The molecule has 25 heavy (non-hydrogen) atoms. The van der Waals surface area contributed by atoms with Gasteiger partial charge in [0.05, 0.1) is 15.7 Å². The molecular weight excluding hydrogens is 377 g/mol. The lowest BCUT2D eigenvalue weighted by Gasteiger charge is -2.02. The lowest BCUT2D eigenvalue weighted by atomic mass is 10.1. The summed E-state index contributed by atoms with van der Waals surface area (Å²) in [7, 11) is 0. The highest BCUT2D eigenvalue weighted by Crippen LogP contribution is 2.27. The van der Waals surface area contributed by atoms with Gasteiger partial charge in [-0.2, -0.15) is 0 Å². The fraction of sp³-hybridized carbons (Fsp3) is 0.0556. The summed E-state index contributed by atoms with van der Waals surface area (Å²) in [5, 5.41) is 1.08. The number of nitrogens with zero attached hydrogens (tertiary/aromatic N) is 2. The van der Waals surface area contributed by atoms with Gasteiger partial charge >= 0.3 is 0 Å². The van der Waals surface area contributed by atoms with E-state index < -0.39 is 0 Å². The first-order valence-corrected chi connectivity index (χ1v) is 8.82. The van der Waals surface area contributed by atoms with Crippen LogP contribution in [0, 0.1) is 6.92 Å². The molecule has 4 nitrogen and oxygen atoms in total. The maximum absolute atomic E-state index is 9.85. The van der Waals surface area contributed by atoms with Crippen LogP contribution in [0.4, 0.5) is 0 Å². The summed E-state index contributed by atoms with van der Waals surface area (Å²) in [4.78, 5) is 19.1. The van der Waals surface area contributed by atoms with Crippen LogP contribution in [0.2, 0.25) is 10.0 Å². The second kappa shape index (κ2) is 10.0. The van der Waals surface area contributed by atoms with Gasteiger partial charge in [0.1, 0.15) is 6.33 Å². The number of amides is 1. The Labute approximate surface area is 160 Å². The van der Waals surface area contributed by atoms with E-state index in [-0.39, 0.29) is 0 Å². The van der Waals surface area contributed by atoms with Gasteiger partial charge in [-0.1, -0.05) is 47.5 Å². The highest BCUT2D eigenvalue weighted by Gasteiger charge is 2.03. The first-order chi connectivity index (χ1) is 12.1. The van der Waals surface area contributed by atoms with Crippen molar-refractivity contribution in [3.05, 3.63) is 76.7 Å². The lowest BCUT2D eigenvalue weighted by Crippen LogP contribution is -1.96. The summed E-state index contributed by atoms with van der Waals surface area (Å²) >= 11 is 13.1. The topological polar surface area (TPSA) is 54.9 Å². The number of carbonyl (C=O) groups is 1. The number of benzene rings is 2. The summed E-state index contributed by atoms with van der Waals surface area (Å²) in [6, 6.07) is 17.0. The van der Waals surface area contributed by atoms with Crippen LogP contribution >= 0.6 is 35.1 Å². The van der Waals surface area contributed by atoms with Crippen molar-refractivity contribution >= 4 is 41.6 Å². The second-order valence-corrected chi connectivity index (χ2v) is 6.55. The van der Waals surface area contributed by atoms with Crippen molar-refractivity contribution < 1.29 is 4.79 Å². The van der Waals surface area contributed by atoms with Gasteiger partial charge in [0, 0.05) is 16.2 Å². The molecule has 3 rings (SSSR count). The van der Waals surface area contributed by atoms with Crippen molar-refractivity contribution in [1.82, 2.24) is 14.7 Å². The van der Waals surface area contributed by atoms with Crippen molar-refractivity contribution in [1.29, 1.82) is 0 Å². The van der Waals surface area contributed by atoms with E-state index in [1.54, 1.807) is 12.1 Å². The number of hydrogen-bond donors (Lipinski definition) is 1. The molecule has 0 spiro atoms. The van der Waals surface area contributed by atoms with Crippen LogP contribution < -0.4 is 4.72 Å². The molecule has 1 aromatic heterocycles. The molecule has 0 unspecified atom stereocenters. The summed E-state index contributed by atoms with van der Waals surface area (Å²) < 4.78 is 2.50. The third kappa shape index (κ3) is 6.38. The molecule has 1 N–H and O–H groups in total. The normalized spacial score (nSPS) is 9.72. The quantitative estimate of drug-likeness (QED) is 0.490. The monoisotopic (exact) mass is 391 g/mol. The standard InChI is InChI=1S/C11H8Cl2N2.C7H7NOS/c1-7-4-11(15-6-14-7)8-2-3-9(12)10(13)5-8;9-6-8-10-7-4-2-1-3-5-7/h2-6H,1H3;1-6H,(H,8,9). The average Bonchev–Trinajstić information content (AvgIpc) is 2.64. The maximum atomic E-state index is 9.85. The van der Waals surface area contributed by atoms with E-state index in [0.717, 1.165) is 21.8 Å².